The summed E-state index contributed by atoms with van der Waals surface area (Å²) in [6.45, 7) is 5.89. The highest BCUT2D eigenvalue weighted by atomic mass is 32.1. The standard InChI is InChI=1S/C23H29F4N5OS/c1-4-5-11-29-32(14-16(2)3)15-19(24)9-10-20-30-31-22(34-20)21(33)28-13-17-7-6-8-18(12-17)23(25,26)27/h6-8,11-12,14,19H,4-5,9-10,13,15H2,1-3H3,(H,28,33)/b29-11+. The van der Waals surface area contributed by atoms with Crippen LogP contribution < -0.4 is 5.32 Å². The molecule has 34 heavy (non-hydrogen) atoms. The van der Waals surface area contributed by atoms with Crippen molar-refractivity contribution in [1.29, 1.82) is 0 Å². The lowest BCUT2D eigenvalue weighted by molar-refractivity contribution is -0.137. The smallest absolute Gasteiger partial charge is 0.346 e. The number of nitrogens with zero attached hydrogens (tertiary/aromatic N) is 4. The van der Waals surface area contributed by atoms with Gasteiger partial charge in [-0.25, -0.2) is 4.39 Å². The van der Waals surface area contributed by atoms with Gasteiger partial charge in [0.1, 0.15) is 11.2 Å². The van der Waals surface area contributed by atoms with Gasteiger partial charge in [-0.1, -0.05) is 42.4 Å². The van der Waals surface area contributed by atoms with Crippen molar-refractivity contribution in [3.05, 3.63) is 57.2 Å². The van der Waals surface area contributed by atoms with Gasteiger partial charge in [0, 0.05) is 25.4 Å². The first-order valence-electron chi connectivity index (χ1n) is 10.9. The van der Waals surface area contributed by atoms with Gasteiger partial charge in [0.15, 0.2) is 0 Å². The Morgan fingerprint density at radius 1 is 1.29 bits per heavy atom. The number of allylic oxidation sites excluding steroid dienone is 1. The van der Waals surface area contributed by atoms with E-state index >= 15 is 0 Å². The molecule has 2 aromatic rings. The first-order valence-corrected chi connectivity index (χ1v) is 11.7. The second kappa shape index (κ2) is 13.2. The van der Waals surface area contributed by atoms with E-state index < -0.39 is 23.8 Å². The zero-order valence-corrected chi connectivity index (χ0v) is 20.2. The highest BCUT2D eigenvalue weighted by molar-refractivity contribution is 7.13. The number of amides is 1. The number of benzene rings is 1. The highest BCUT2D eigenvalue weighted by Gasteiger charge is 2.30. The molecule has 1 aromatic carbocycles. The van der Waals surface area contributed by atoms with Crippen LogP contribution in [0.4, 0.5) is 17.6 Å². The molecule has 0 bridgehead atoms. The van der Waals surface area contributed by atoms with Gasteiger partial charge < -0.3 is 5.32 Å². The van der Waals surface area contributed by atoms with Gasteiger partial charge >= 0.3 is 6.18 Å². The van der Waals surface area contributed by atoms with E-state index in [2.05, 4.69) is 20.6 Å². The van der Waals surface area contributed by atoms with Gasteiger partial charge in [0.05, 0.1) is 12.1 Å². The lowest BCUT2D eigenvalue weighted by Gasteiger charge is -2.17. The Morgan fingerprint density at radius 2 is 2.06 bits per heavy atom. The first-order chi connectivity index (χ1) is 16.1. The van der Waals surface area contributed by atoms with Gasteiger partial charge in [0.25, 0.3) is 5.91 Å². The number of alkyl halides is 4. The third-order valence-electron chi connectivity index (χ3n) is 4.48. The van der Waals surface area contributed by atoms with Crippen LogP contribution in [0.5, 0.6) is 0 Å². The molecule has 0 saturated heterocycles. The average molecular weight is 500 g/mol. The quantitative estimate of drug-likeness (QED) is 0.229. The van der Waals surface area contributed by atoms with Crippen LogP contribution in [0.2, 0.25) is 0 Å². The second-order valence-electron chi connectivity index (χ2n) is 7.93. The molecule has 1 amide bonds. The van der Waals surface area contributed by atoms with Crippen LogP contribution in [-0.4, -0.2) is 40.0 Å². The Kier molecular flexibility index (Phi) is 10.6. The maximum Gasteiger partial charge on any atom is 0.416 e. The predicted octanol–water partition coefficient (Wildman–Crippen LogP) is 5.77. The van der Waals surface area contributed by atoms with Crippen molar-refractivity contribution < 1.29 is 22.4 Å². The summed E-state index contributed by atoms with van der Waals surface area (Å²) in [4.78, 5) is 12.3. The van der Waals surface area contributed by atoms with E-state index in [1.807, 2.05) is 20.8 Å². The molecule has 11 heteroatoms. The van der Waals surface area contributed by atoms with Crippen LogP contribution in [0.3, 0.4) is 0 Å². The van der Waals surface area contributed by atoms with Crippen molar-refractivity contribution in [2.24, 2.45) is 5.10 Å². The van der Waals surface area contributed by atoms with Crippen molar-refractivity contribution in [2.75, 3.05) is 6.54 Å². The first kappa shape index (κ1) is 27.4. The molecule has 0 radical (unpaired) electrons. The molecule has 1 unspecified atom stereocenters. The number of carbonyl (C=O) groups excluding carboxylic acids is 1. The van der Waals surface area contributed by atoms with Crippen molar-refractivity contribution in [2.45, 2.75) is 65.3 Å². The predicted molar refractivity (Wildman–Crippen MR) is 125 cm³/mol. The fourth-order valence-electron chi connectivity index (χ4n) is 2.86. The zero-order valence-electron chi connectivity index (χ0n) is 19.4. The average Bonchev–Trinajstić information content (AvgIpc) is 3.24. The summed E-state index contributed by atoms with van der Waals surface area (Å²) in [7, 11) is 0. The molecule has 0 aliphatic carbocycles. The monoisotopic (exact) mass is 499 g/mol. The molecule has 0 aliphatic heterocycles. The van der Waals surface area contributed by atoms with Crippen LogP contribution in [-0.2, 0) is 19.1 Å². The molecule has 1 N–H and O–H groups in total. The molecular formula is C23H29F4N5OS. The summed E-state index contributed by atoms with van der Waals surface area (Å²) >= 11 is 1.04. The number of carbonyl (C=O) groups is 1. The fourth-order valence-corrected chi connectivity index (χ4v) is 3.63. The molecule has 0 saturated carbocycles. The number of rotatable bonds is 12. The molecule has 1 aromatic heterocycles. The number of aryl methyl sites for hydroxylation is 1. The molecule has 1 atom stereocenters. The Balaban J connectivity index is 1.86. The number of unbranched alkanes of at least 4 members (excludes halogenated alkanes) is 1. The summed E-state index contributed by atoms with van der Waals surface area (Å²) in [6, 6.07) is 4.73. The van der Waals surface area contributed by atoms with Gasteiger partial charge in [-0.2, -0.15) is 18.3 Å². The van der Waals surface area contributed by atoms with Crippen molar-refractivity contribution in [1.82, 2.24) is 20.5 Å². The van der Waals surface area contributed by atoms with Crippen LogP contribution >= 0.6 is 11.3 Å². The Labute approximate surface area is 200 Å². The summed E-state index contributed by atoms with van der Waals surface area (Å²) < 4.78 is 53.0. The minimum Gasteiger partial charge on any atom is -0.346 e. The third-order valence-corrected chi connectivity index (χ3v) is 5.46. The number of halogens is 4. The van der Waals surface area contributed by atoms with Gasteiger partial charge in [-0.05, 0) is 44.4 Å². The topological polar surface area (TPSA) is 70.5 Å². The van der Waals surface area contributed by atoms with Crippen molar-refractivity contribution in [3.63, 3.8) is 0 Å². The molecule has 0 spiro atoms. The van der Waals surface area contributed by atoms with Crippen LogP contribution in [0.1, 0.15) is 66.0 Å². The number of hydrogen-bond donors (Lipinski definition) is 1. The Hall–Kier alpha value is -2.82. The maximum atomic E-state index is 14.5. The fraction of sp³-hybridized carbons (Fsp3) is 0.478. The summed E-state index contributed by atoms with van der Waals surface area (Å²) in [5.41, 5.74) is 0.541. The maximum absolute atomic E-state index is 14.5. The summed E-state index contributed by atoms with van der Waals surface area (Å²) in [5, 5.41) is 16.8. The van der Waals surface area contributed by atoms with Crippen LogP contribution in [0.15, 0.2) is 41.1 Å². The van der Waals surface area contributed by atoms with Gasteiger partial charge in [-0.15, -0.1) is 10.2 Å². The molecular weight excluding hydrogens is 470 g/mol. The van der Waals surface area contributed by atoms with E-state index in [0.717, 1.165) is 41.9 Å². The van der Waals surface area contributed by atoms with Crippen LogP contribution in [0.25, 0.3) is 0 Å². The normalized spacial score (nSPS) is 12.6. The lowest BCUT2D eigenvalue weighted by atomic mass is 10.1. The molecule has 2 rings (SSSR count). The molecule has 0 aliphatic rings. The molecule has 6 nitrogen and oxygen atoms in total. The minimum absolute atomic E-state index is 0.0766. The highest BCUT2D eigenvalue weighted by Crippen LogP contribution is 2.29. The zero-order chi connectivity index (χ0) is 25.1. The number of hydrazone groups is 1. The minimum atomic E-state index is -4.45. The lowest BCUT2D eigenvalue weighted by Crippen LogP contribution is -2.23. The summed E-state index contributed by atoms with van der Waals surface area (Å²) in [6.07, 6.45) is 0.213. The largest absolute Gasteiger partial charge is 0.416 e. The van der Waals surface area contributed by atoms with E-state index in [0.29, 0.717) is 17.0 Å². The van der Waals surface area contributed by atoms with E-state index in [4.69, 9.17) is 0 Å². The molecule has 186 valence electrons. The third kappa shape index (κ3) is 9.58. The van der Waals surface area contributed by atoms with E-state index in [1.54, 1.807) is 17.4 Å². The van der Waals surface area contributed by atoms with Crippen molar-refractivity contribution >= 4 is 23.5 Å². The van der Waals surface area contributed by atoms with E-state index in [1.165, 1.54) is 12.1 Å². The van der Waals surface area contributed by atoms with E-state index in [9.17, 15) is 22.4 Å². The van der Waals surface area contributed by atoms with Crippen molar-refractivity contribution in [3.8, 4) is 0 Å². The van der Waals surface area contributed by atoms with Gasteiger partial charge in [-0.3, -0.25) is 9.80 Å². The number of aromatic nitrogens is 2. The molecule has 0 fully saturated rings. The van der Waals surface area contributed by atoms with E-state index in [-0.39, 0.29) is 24.5 Å². The Bertz CT molecular complexity index is 986. The molecule has 1 heterocycles. The summed E-state index contributed by atoms with van der Waals surface area (Å²) in [5.74, 6) is -0.544. The number of hydrogen-bond acceptors (Lipinski definition) is 6. The van der Waals surface area contributed by atoms with Gasteiger partial charge in [0.2, 0.25) is 5.01 Å². The van der Waals surface area contributed by atoms with Crippen LogP contribution in [0, 0.1) is 0 Å². The Morgan fingerprint density at radius 3 is 2.74 bits per heavy atom. The SMILES string of the molecule is CCC/C=N/N(C=C(C)C)CC(F)CCc1nnc(C(=O)NCc2cccc(C(F)(F)F)c2)s1. The number of nitrogens with one attached hydrogen (secondary N) is 1. The second-order valence-corrected chi connectivity index (χ2v) is 9.00.